The summed E-state index contributed by atoms with van der Waals surface area (Å²) in [6, 6.07) is 3.37. The van der Waals surface area contributed by atoms with Crippen LogP contribution in [0.1, 0.15) is 33.3 Å². The molecule has 3 heterocycles. The average Bonchev–Trinajstić information content (AvgIpc) is 3.03. The van der Waals surface area contributed by atoms with Crippen LogP contribution in [0, 0.1) is 18.6 Å². The van der Waals surface area contributed by atoms with Gasteiger partial charge in [-0.2, -0.15) is 0 Å². The number of piperazine rings is 1. The van der Waals surface area contributed by atoms with Crippen molar-refractivity contribution in [1.82, 2.24) is 19.4 Å². The molecule has 32 heavy (non-hydrogen) atoms. The van der Waals surface area contributed by atoms with Gasteiger partial charge in [-0.15, -0.1) is 0 Å². The minimum Gasteiger partial charge on any atom is -0.444 e. The second-order valence-electron chi connectivity index (χ2n) is 9.17. The van der Waals surface area contributed by atoms with Crippen LogP contribution in [0.2, 0.25) is 0 Å². The zero-order chi connectivity index (χ0) is 23.2. The smallest absolute Gasteiger partial charge is 0.410 e. The maximum atomic E-state index is 13.8. The Balaban J connectivity index is 1.66. The standard InChI is InChI=1S/C23H27F2N5O2/c1-14-11-30(18-9-16(24)8-17(25)10-18)21-19(14)20(26-13-27-21)29-7-6-28(12-15(29)2)22(31)32-23(3,4)5/h8-11,13,15H,6-7,12H2,1-5H3/t15-/m0/s1. The summed E-state index contributed by atoms with van der Waals surface area (Å²) in [5, 5.41) is 0.815. The molecular formula is C23H27F2N5O2. The molecule has 7 nitrogen and oxygen atoms in total. The van der Waals surface area contributed by atoms with Crippen molar-refractivity contribution < 1.29 is 18.3 Å². The minimum atomic E-state index is -0.652. The first-order valence-electron chi connectivity index (χ1n) is 10.6. The van der Waals surface area contributed by atoms with Crippen molar-refractivity contribution in [3.63, 3.8) is 0 Å². The molecule has 1 fully saturated rings. The molecule has 1 amide bonds. The molecular weight excluding hydrogens is 416 g/mol. The molecule has 2 aromatic heterocycles. The maximum absolute atomic E-state index is 13.8. The van der Waals surface area contributed by atoms with Gasteiger partial charge < -0.3 is 19.1 Å². The van der Waals surface area contributed by atoms with Gasteiger partial charge in [-0.05, 0) is 52.3 Å². The van der Waals surface area contributed by atoms with E-state index in [1.165, 1.54) is 18.5 Å². The highest BCUT2D eigenvalue weighted by Crippen LogP contribution is 2.32. The highest BCUT2D eigenvalue weighted by Gasteiger charge is 2.32. The van der Waals surface area contributed by atoms with Crippen LogP contribution in [-0.4, -0.2) is 56.8 Å². The summed E-state index contributed by atoms with van der Waals surface area (Å²) in [6.45, 7) is 11.1. The van der Waals surface area contributed by atoms with Crippen LogP contribution in [0.4, 0.5) is 19.4 Å². The lowest BCUT2D eigenvalue weighted by Crippen LogP contribution is -2.54. The van der Waals surface area contributed by atoms with Crippen molar-refractivity contribution in [2.45, 2.75) is 46.3 Å². The highest BCUT2D eigenvalue weighted by atomic mass is 19.1. The number of ether oxygens (including phenoxy) is 1. The SMILES string of the molecule is Cc1cn(-c2cc(F)cc(F)c2)c2ncnc(N3CCN(C(=O)OC(C)(C)C)C[C@@H]3C)c12. The van der Waals surface area contributed by atoms with E-state index in [0.29, 0.717) is 31.0 Å². The van der Waals surface area contributed by atoms with Crippen LogP contribution < -0.4 is 4.90 Å². The van der Waals surface area contributed by atoms with Crippen LogP contribution in [0.15, 0.2) is 30.7 Å². The summed E-state index contributed by atoms with van der Waals surface area (Å²) >= 11 is 0. The van der Waals surface area contributed by atoms with Gasteiger partial charge >= 0.3 is 6.09 Å². The Morgan fingerprint density at radius 2 is 1.81 bits per heavy atom. The van der Waals surface area contributed by atoms with Gasteiger partial charge in [0.15, 0.2) is 0 Å². The lowest BCUT2D eigenvalue weighted by atomic mass is 10.1. The van der Waals surface area contributed by atoms with E-state index in [1.54, 1.807) is 15.7 Å². The molecule has 0 bridgehead atoms. The van der Waals surface area contributed by atoms with Crippen LogP contribution in [-0.2, 0) is 4.74 Å². The number of benzene rings is 1. The van der Waals surface area contributed by atoms with E-state index < -0.39 is 17.2 Å². The first-order valence-corrected chi connectivity index (χ1v) is 10.6. The summed E-state index contributed by atoms with van der Waals surface area (Å²) in [5.41, 5.74) is 1.27. The van der Waals surface area contributed by atoms with Gasteiger partial charge in [0.2, 0.25) is 0 Å². The molecule has 1 atom stereocenters. The lowest BCUT2D eigenvalue weighted by molar-refractivity contribution is 0.0218. The first-order chi connectivity index (χ1) is 15.0. The van der Waals surface area contributed by atoms with Crippen LogP contribution in [0.5, 0.6) is 0 Å². The van der Waals surface area contributed by atoms with Gasteiger partial charge in [0, 0.05) is 37.9 Å². The number of amides is 1. The van der Waals surface area contributed by atoms with E-state index in [1.807, 2.05) is 34.6 Å². The largest absolute Gasteiger partial charge is 0.444 e. The molecule has 0 radical (unpaired) electrons. The fourth-order valence-corrected chi connectivity index (χ4v) is 4.08. The molecule has 3 aromatic rings. The topological polar surface area (TPSA) is 63.5 Å². The molecule has 1 aliphatic heterocycles. The Kier molecular flexibility index (Phi) is 5.52. The summed E-state index contributed by atoms with van der Waals surface area (Å²) in [7, 11) is 0. The number of anilines is 1. The van der Waals surface area contributed by atoms with E-state index in [-0.39, 0.29) is 12.1 Å². The zero-order valence-corrected chi connectivity index (χ0v) is 18.9. The van der Waals surface area contributed by atoms with Crippen molar-refractivity contribution in [3.05, 3.63) is 47.9 Å². The van der Waals surface area contributed by atoms with Crippen molar-refractivity contribution in [2.75, 3.05) is 24.5 Å². The zero-order valence-electron chi connectivity index (χ0n) is 18.9. The maximum Gasteiger partial charge on any atom is 0.410 e. The predicted molar refractivity (Wildman–Crippen MR) is 118 cm³/mol. The molecule has 4 rings (SSSR count). The van der Waals surface area contributed by atoms with Gasteiger partial charge in [-0.3, -0.25) is 0 Å². The van der Waals surface area contributed by atoms with Gasteiger partial charge in [-0.1, -0.05) is 0 Å². The number of hydrogen-bond acceptors (Lipinski definition) is 5. The first kappa shape index (κ1) is 22.0. The summed E-state index contributed by atoms with van der Waals surface area (Å²) in [5.74, 6) is -0.569. The Hall–Kier alpha value is -3.23. The van der Waals surface area contributed by atoms with Crippen LogP contribution in [0.25, 0.3) is 16.7 Å². The average molecular weight is 443 g/mol. The van der Waals surface area contributed by atoms with Gasteiger partial charge in [0.05, 0.1) is 11.1 Å². The molecule has 1 saturated heterocycles. The third-order valence-corrected chi connectivity index (χ3v) is 5.43. The molecule has 170 valence electrons. The predicted octanol–water partition coefficient (Wildman–Crippen LogP) is 4.45. The Labute approximate surface area is 185 Å². The Morgan fingerprint density at radius 3 is 2.44 bits per heavy atom. The van der Waals surface area contributed by atoms with Gasteiger partial charge in [0.25, 0.3) is 0 Å². The quantitative estimate of drug-likeness (QED) is 0.586. The second kappa shape index (κ2) is 8.03. The van der Waals surface area contributed by atoms with E-state index in [9.17, 15) is 13.6 Å². The Morgan fingerprint density at radius 1 is 1.12 bits per heavy atom. The van der Waals surface area contributed by atoms with Gasteiger partial charge in [-0.25, -0.2) is 23.5 Å². The lowest BCUT2D eigenvalue weighted by Gasteiger charge is -2.41. The number of carbonyl (C=O) groups excluding carboxylic acids is 1. The molecule has 0 spiro atoms. The molecule has 0 aliphatic carbocycles. The fourth-order valence-electron chi connectivity index (χ4n) is 4.08. The van der Waals surface area contributed by atoms with Crippen molar-refractivity contribution in [2.24, 2.45) is 0 Å². The third kappa shape index (κ3) is 4.24. The number of aryl methyl sites for hydroxylation is 1. The number of halogens is 2. The number of carbonyl (C=O) groups is 1. The van der Waals surface area contributed by atoms with Gasteiger partial charge in [0.1, 0.15) is 35.0 Å². The summed E-state index contributed by atoms with van der Waals surface area (Å²) < 4.78 is 34.8. The van der Waals surface area contributed by atoms with Crippen molar-refractivity contribution in [3.8, 4) is 5.69 Å². The van der Waals surface area contributed by atoms with Crippen molar-refractivity contribution in [1.29, 1.82) is 0 Å². The van der Waals surface area contributed by atoms with E-state index in [0.717, 1.165) is 22.8 Å². The van der Waals surface area contributed by atoms with E-state index in [2.05, 4.69) is 14.9 Å². The fraction of sp³-hybridized carbons (Fsp3) is 0.435. The molecule has 9 heteroatoms. The molecule has 0 saturated carbocycles. The number of nitrogens with zero attached hydrogens (tertiary/aromatic N) is 5. The van der Waals surface area contributed by atoms with E-state index in [4.69, 9.17) is 4.74 Å². The Bertz CT molecular complexity index is 1150. The van der Waals surface area contributed by atoms with E-state index >= 15 is 0 Å². The minimum absolute atomic E-state index is 0.0104. The van der Waals surface area contributed by atoms with Crippen LogP contribution >= 0.6 is 0 Å². The summed E-state index contributed by atoms with van der Waals surface area (Å²) in [6.07, 6.45) is 2.93. The van der Waals surface area contributed by atoms with Crippen molar-refractivity contribution >= 4 is 22.9 Å². The molecule has 1 aromatic carbocycles. The number of aromatic nitrogens is 3. The number of rotatable bonds is 2. The monoisotopic (exact) mass is 443 g/mol. The summed E-state index contributed by atoms with van der Waals surface area (Å²) in [4.78, 5) is 25.2. The highest BCUT2D eigenvalue weighted by molar-refractivity contribution is 5.92. The second-order valence-corrected chi connectivity index (χ2v) is 9.17. The molecule has 1 aliphatic rings. The number of hydrogen-bond donors (Lipinski definition) is 0. The third-order valence-electron chi connectivity index (χ3n) is 5.43. The molecule has 0 N–H and O–H groups in total. The molecule has 0 unspecified atom stereocenters. The normalized spacial score (nSPS) is 17.2. The number of fused-ring (bicyclic) bond motifs is 1. The van der Waals surface area contributed by atoms with Crippen LogP contribution in [0.3, 0.4) is 0 Å².